The highest BCUT2D eigenvalue weighted by Gasteiger charge is 2.16. The van der Waals surface area contributed by atoms with Gasteiger partial charge in [-0.3, -0.25) is 4.79 Å². The van der Waals surface area contributed by atoms with Crippen LogP contribution in [0.25, 0.3) is 11.3 Å². The van der Waals surface area contributed by atoms with Gasteiger partial charge in [0.15, 0.2) is 0 Å². The molecule has 0 bridgehead atoms. The molecule has 0 amide bonds. The molecule has 0 aliphatic heterocycles. The Bertz CT molecular complexity index is 704. The monoisotopic (exact) mass is 300 g/mol. The zero-order valence-corrected chi connectivity index (χ0v) is 13.7. The summed E-state index contributed by atoms with van der Waals surface area (Å²) in [6.07, 6.45) is 0.874. The van der Waals surface area contributed by atoms with Crippen LogP contribution >= 0.6 is 0 Å². The van der Waals surface area contributed by atoms with Crippen molar-refractivity contribution in [2.24, 2.45) is 5.73 Å². The minimum absolute atomic E-state index is 0.00956. The second kappa shape index (κ2) is 6.79. The van der Waals surface area contributed by atoms with Crippen molar-refractivity contribution in [2.45, 2.75) is 39.3 Å². The second-order valence-corrected chi connectivity index (χ2v) is 5.63. The maximum atomic E-state index is 12.8. The summed E-state index contributed by atoms with van der Waals surface area (Å²) >= 11 is 0. The quantitative estimate of drug-likeness (QED) is 0.919. The van der Waals surface area contributed by atoms with Gasteiger partial charge in [0.2, 0.25) is 0 Å². The minimum Gasteiger partial charge on any atom is -0.497 e. The number of ether oxygens (including phenoxy) is 1. The number of nitrogens with two attached hydrogens (primary N) is 1. The van der Waals surface area contributed by atoms with E-state index >= 15 is 0 Å². The number of benzene rings is 1. The van der Waals surface area contributed by atoms with Crippen molar-refractivity contribution in [1.29, 1.82) is 0 Å². The predicted octanol–water partition coefficient (Wildman–Crippen LogP) is 3.51. The molecule has 4 nitrogen and oxygen atoms in total. The summed E-state index contributed by atoms with van der Waals surface area (Å²) in [4.78, 5) is 12.8. The number of methoxy groups -OCH3 is 1. The van der Waals surface area contributed by atoms with Crippen LogP contribution < -0.4 is 16.0 Å². The largest absolute Gasteiger partial charge is 0.497 e. The van der Waals surface area contributed by atoms with Gasteiger partial charge < -0.3 is 15.0 Å². The molecule has 1 aromatic heterocycles. The van der Waals surface area contributed by atoms with E-state index in [-0.39, 0.29) is 17.6 Å². The molecule has 22 heavy (non-hydrogen) atoms. The van der Waals surface area contributed by atoms with Crippen molar-refractivity contribution in [2.75, 3.05) is 7.11 Å². The Morgan fingerprint density at radius 1 is 1.23 bits per heavy atom. The van der Waals surface area contributed by atoms with Crippen LogP contribution in [0.3, 0.4) is 0 Å². The molecular weight excluding hydrogens is 276 g/mol. The average Bonchev–Trinajstić information content (AvgIpc) is 2.53. The molecule has 2 atom stereocenters. The van der Waals surface area contributed by atoms with Crippen molar-refractivity contribution >= 4 is 0 Å². The van der Waals surface area contributed by atoms with E-state index in [4.69, 9.17) is 10.5 Å². The average molecular weight is 300 g/mol. The SMILES string of the molecule is CCC(C)n1c(-c2cccc(OC)c2)ccc(C(C)N)c1=O. The molecule has 0 saturated carbocycles. The fourth-order valence-electron chi connectivity index (χ4n) is 2.55. The van der Waals surface area contributed by atoms with Gasteiger partial charge in [-0.25, -0.2) is 0 Å². The van der Waals surface area contributed by atoms with Crippen LogP contribution in [0.5, 0.6) is 5.75 Å². The van der Waals surface area contributed by atoms with Crippen LogP contribution in [-0.4, -0.2) is 11.7 Å². The molecule has 0 spiro atoms. The second-order valence-electron chi connectivity index (χ2n) is 5.63. The summed E-state index contributed by atoms with van der Waals surface area (Å²) in [6, 6.07) is 11.4. The normalized spacial score (nSPS) is 13.7. The zero-order valence-electron chi connectivity index (χ0n) is 13.7. The van der Waals surface area contributed by atoms with Gasteiger partial charge in [0.05, 0.1) is 12.8 Å². The number of rotatable bonds is 5. The molecule has 4 heteroatoms. The number of aromatic nitrogens is 1. The topological polar surface area (TPSA) is 57.2 Å². The lowest BCUT2D eigenvalue weighted by Crippen LogP contribution is -2.30. The molecule has 2 N–H and O–H groups in total. The highest BCUT2D eigenvalue weighted by atomic mass is 16.5. The lowest BCUT2D eigenvalue weighted by molar-refractivity contribution is 0.415. The van der Waals surface area contributed by atoms with Gasteiger partial charge in [-0.2, -0.15) is 0 Å². The Kier molecular flexibility index (Phi) is 5.03. The van der Waals surface area contributed by atoms with Gasteiger partial charge in [0.25, 0.3) is 5.56 Å². The van der Waals surface area contributed by atoms with E-state index in [0.29, 0.717) is 5.56 Å². The van der Waals surface area contributed by atoms with Crippen LogP contribution in [-0.2, 0) is 0 Å². The molecule has 0 radical (unpaired) electrons. The third-order valence-corrected chi connectivity index (χ3v) is 4.03. The van der Waals surface area contributed by atoms with Crippen LogP contribution in [0.2, 0.25) is 0 Å². The first-order valence-corrected chi connectivity index (χ1v) is 7.65. The molecular formula is C18H24N2O2. The molecule has 1 heterocycles. The van der Waals surface area contributed by atoms with Crippen molar-refractivity contribution in [3.05, 3.63) is 52.3 Å². The van der Waals surface area contributed by atoms with Crippen LogP contribution in [0.15, 0.2) is 41.2 Å². The highest BCUT2D eigenvalue weighted by molar-refractivity contribution is 5.62. The standard InChI is InChI=1S/C18H24N2O2/c1-5-12(2)20-17(10-9-16(13(3)19)18(20)21)14-7-6-8-15(11-14)22-4/h6-13H,5,19H2,1-4H3. The molecule has 2 rings (SSSR count). The summed E-state index contributed by atoms with van der Waals surface area (Å²) in [7, 11) is 1.64. The van der Waals surface area contributed by atoms with E-state index in [1.807, 2.05) is 47.9 Å². The minimum atomic E-state index is -0.276. The van der Waals surface area contributed by atoms with Crippen molar-refractivity contribution in [3.8, 4) is 17.0 Å². The highest BCUT2D eigenvalue weighted by Crippen LogP contribution is 2.26. The van der Waals surface area contributed by atoms with E-state index in [0.717, 1.165) is 23.4 Å². The molecule has 0 aliphatic carbocycles. The van der Waals surface area contributed by atoms with Gasteiger partial charge in [0, 0.05) is 23.2 Å². The molecule has 2 unspecified atom stereocenters. The molecule has 0 fully saturated rings. The third kappa shape index (κ3) is 3.07. The Morgan fingerprint density at radius 3 is 2.55 bits per heavy atom. The van der Waals surface area contributed by atoms with Crippen LogP contribution in [0.1, 0.15) is 44.8 Å². The van der Waals surface area contributed by atoms with Gasteiger partial charge in [-0.05, 0) is 44.5 Å². The van der Waals surface area contributed by atoms with E-state index in [9.17, 15) is 4.79 Å². The molecule has 1 aromatic carbocycles. The number of hydrogen-bond acceptors (Lipinski definition) is 3. The maximum absolute atomic E-state index is 12.8. The molecule has 118 valence electrons. The Balaban J connectivity index is 2.69. The smallest absolute Gasteiger partial charge is 0.256 e. The molecule has 0 saturated heterocycles. The lowest BCUT2D eigenvalue weighted by Gasteiger charge is -2.21. The fourth-order valence-corrected chi connectivity index (χ4v) is 2.55. The van der Waals surface area contributed by atoms with Gasteiger partial charge in [-0.15, -0.1) is 0 Å². The van der Waals surface area contributed by atoms with Gasteiger partial charge >= 0.3 is 0 Å². The number of hydrogen-bond donors (Lipinski definition) is 1. The maximum Gasteiger partial charge on any atom is 0.256 e. The van der Waals surface area contributed by atoms with E-state index in [1.54, 1.807) is 7.11 Å². The Labute approximate surface area is 131 Å². The van der Waals surface area contributed by atoms with Gasteiger partial charge in [0.1, 0.15) is 5.75 Å². The Morgan fingerprint density at radius 2 is 1.95 bits per heavy atom. The van der Waals surface area contributed by atoms with Crippen molar-refractivity contribution < 1.29 is 4.74 Å². The predicted molar refractivity (Wildman–Crippen MR) is 90.3 cm³/mol. The fraction of sp³-hybridized carbons (Fsp3) is 0.389. The number of nitrogens with zero attached hydrogens (tertiary/aromatic N) is 1. The zero-order chi connectivity index (χ0) is 16.3. The van der Waals surface area contributed by atoms with E-state index in [2.05, 4.69) is 13.8 Å². The summed E-state index contributed by atoms with van der Waals surface area (Å²) in [5.41, 5.74) is 8.42. The first kappa shape index (κ1) is 16.3. The lowest BCUT2D eigenvalue weighted by atomic mass is 10.0. The summed E-state index contributed by atoms with van der Waals surface area (Å²) < 4.78 is 7.13. The first-order chi connectivity index (χ1) is 10.5. The molecule has 2 aromatic rings. The third-order valence-electron chi connectivity index (χ3n) is 4.03. The van der Waals surface area contributed by atoms with Crippen LogP contribution in [0, 0.1) is 0 Å². The summed E-state index contributed by atoms with van der Waals surface area (Å²) in [5, 5.41) is 0. The van der Waals surface area contributed by atoms with Crippen molar-refractivity contribution in [1.82, 2.24) is 4.57 Å². The van der Waals surface area contributed by atoms with E-state index < -0.39 is 0 Å². The number of pyridine rings is 1. The summed E-state index contributed by atoms with van der Waals surface area (Å²) in [6.45, 7) is 5.96. The molecule has 0 aliphatic rings. The van der Waals surface area contributed by atoms with Crippen molar-refractivity contribution in [3.63, 3.8) is 0 Å². The first-order valence-electron chi connectivity index (χ1n) is 7.65. The van der Waals surface area contributed by atoms with E-state index in [1.165, 1.54) is 0 Å². The van der Waals surface area contributed by atoms with Crippen LogP contribution in [0.4, 0.5) is 0 Å². The Hall–Kier alpha value is -2.07. The van der Waals surface area contributed by atoms with Gasteiger partial charge in [-0.1, -0.05) is 19.1 Å². The summed E-state index contributed by atoms with van der Waals surface area (Å²) in [5.74, 6) is 0.775.